The third-order valence-electron chi connectivity index (χ3n) is 5.89. The normalized spacial score (nSPS) is 16.0. The zero-order valence-corrected chi connectivity index (χ0v) is 16.1. The Balaban J connectivity index is 1.34. The Bertz CT molecular complexity index is 905. The molecule has 3 nitrogen and oxygen atoms in total. The second-order valence-corrected chi connectivity index (χ2v) is 7.81. The van der Waals surface area contributed by atoms with Crippen LogP contribution in [0.2, 0.25) is 0 Å². The molecule has 4 rings (SSSR count). The van der Waals surface area contributed by atoms with Gasteiger partial charge in [-0.1, -0.05) is 48.5 Å². The van der Waals surface area contributed by atoms with Crippen molar-refractivity contribution >= 4 is 16.7 Å². The van der Waals surface area contributed by atoms with Gasteiger partial charge in [0.1, 0.15) is 0 Å². The molecule has 2 heterocycles. The summed E-state index contributed by atoms with van der Waals surface area (Å²) in [4.78, 5) is 18.2. The topological polar surface area (TPSA) is 36.1 Å². The van der Waals surface area contributed by atoms with Gasteiger partial charge < -0.3 is 9.88 Å². The van der Waals surface area contributed by atoms with E-state index >= 15 is 0 Å². The predicted molar refractivity (Wildman–Crippen MR) is 111 cm³/mol. The second kappa shape index (κ2) is 8.10. The van der Waals surface area contributed by atoms with Gasteiger partial charge in [-0.2, -0.15) is 0 Å². The summed E-state index contributed by atoms with van der Waals surface area (Å²) in [6, 6.07) is 19.0. The Morgan fingerprint density at radius 3 is 2.48 bits per heavy atom. The molecule has 1 aliphatic heterocycles. The summed E-state index contributed by atoms with van der Waals surface area (Å²) in [6.07, 6.45) is 4.64. The lowest BCUT2D eigenvalue weighted by Gasteiger charge is -2.32. The Kier molecular flexibility index (Phi) is 5.40. The molecule has 0 bridgehead atoms. The first-order valence-electron chi connectivity index (χ1n) is 10.1. The van der Waals surface area contributed by atoms with Crippen LogP contribution in [0.25, 0.3) is 10.9 Å². The van der Waals surface area contributed by atoms with E-state index in [1.54, 1.807) is 6.92 Å². The van der Waals surface area contributed by atoms with Crippen LogP contribution in [0.5, 0.6) is 0 Å². The van der Waals surface area contributed by atoms with Gasteiger partial charge in [-0.15, -0.1) is 0 Å². The highest BCUT2D eigenvalue weighted by atomic mass is 16.1. The summed E-state index contributed by atoms with van der Waals surface area (Å²) in [5.74, 6) is 0.952. The van der Waals surface area contributed by atoms with E-state index in [1.807, 2.05) is 18.2 Å². The number of benzene rings is 2. The van der Waals surface area contributed by atoms with Crippen LogP contribution in [0.15, 0.2) is 54.6 Å². The highest BCUT2D eigenvalue weighted by molar-refractivity contribution is 6.08. The molecule has 3 aromatic rings. The van der Waals surface area contributed by atoms with Crippen molar-refractivity contribution in [1.82, 2.24) is 9.88 Å². The molecule has 1 aliphatic rings. The number of nitrogens with one attached hydrogen (secondary N) is 1. The van der Waals surface area contributed by atoms with Crippen molar-refractivity contribution in [3.8, 4) is 0 Å². The van der Waals surface area contributed by atoms with Crippen molar-refractivity contribution in [1.29, 1.82) is 0 Å². The van der Waals surface area contributed by atoms with Crippen LogP contribution in [-0.4, -0.2) is 35.3 Å². The van der Waals surface area contributed by atoms with Crippen molar-refractivity contribution in [2.45, 2.75) is 32.6 Å². The smallest absolute Gasteiger partial charge is 0.162 e. The lowest BCUT2D eigenvalue weighted by atomic mass is 9.90. The minimum atomic E-state index is 0.156. The number of Topliss-reactive ketones (excluding diaryl/α,β-unsaturated/α-hetero) is 1. The number of aromatic nitrogens is 1. The number of ketones is 1. The van der Waals surface area contributed by atoms with Crippen LogP contribution in [0.1, 0.15) is 41.4 Å². The number of piperidine rings is 1. The van der Waals surface area contributed by atoms with Gasteiger partial charge in [-0.3, -0.25) is 4.79 Å². The Morgan fingerprint density at radius 2 is 1.74 bits per heavy atom. The number of hydrogen-bond acceptors (Lipinski definition) is 2. The molecular weight excluding hydrogens is 332 g/mol. The number of likely N-dealkylation sites (tertiary alicyclic amines) is 1. The molecule has 0 atom stereocenters. The van der Waals surface area contributed by atoms with Crippen molar-refractivity contribution < 1.29 is 4.79 Å². The fourth-order valence-electron chi connectivity index (χ4n) is 4.42. The maximum atomic E-state index is 12.2. The van der Waals surface area contributed by atoms with E-state index in [2.05, 4.69) is 46.3 Å². The van der Waals surface area contributed by atoms with Crippen LogP contribution in [0, 0.1) is 5.92 Å². The highest BCUT2D eigenvalue weighted by Crippen LogP contribution is 2.25. The first kappa shape index (κ1) is 18.0. The average molecular weight is 361 g/mol. The van der Waals surface area contributed by atoms with Crippen molar-refractivity contribution in [3.63, 3.8) is 0 Å². The summed E-state index contributed by atoms with van der Waals surface area (Å²) in [5.41, 5.74) is 4.50. The maximum absolute atomic E-state index is 12.2. The van der Waals surface area contributed by atoms with Gasteiger partial charge in [-0.25, -0.2) is 0 Å². The average Bonchev–Trinajstić information content (AvgIpc) is 3.07. The number of hydrogen-bond donors (Lipinski definition) is 1. The molecule has 0 aliphatic carbocycles. The molecule has 0 spiro atoms. The van der Waals surface area contributed by atoms with E-state index in [4.69, 9.17) is 0 Å². The number of carbonyl (C=O) groups is 1. The first-order valence-corrected chi connectivity index (χ1v) is 10.1. The van der Waals surface area contributed by atoms with Crippen molar-refractivity contribution in [2.24, 2.45) is 5.92 Å². The monoisotopic (exact) mass is 360 g/mol. The first-order chi connectivity index (χ1) is 13.2. The van der Waals surface area contributed by atoms with Gasteiger partial charge >= 0.3 is 0 Å². The number of H-pyrrole nitrogens is 1. The Labute approximate surface area is 161 Å². The van der Waals surface area contributed by atoms with Crippen LogP contribution in [-0.2, 0) is 12.8 Å². The second-order valence-electron chi connectivity index (χ2n) is 7.81. The van der Waals surface area contributed by atoms with Gasteiger partial charge in [0, 0.05) is 35.1 Å². The molecule has 0 amide bonds. The van der Waals surface area contributed by atoms with Gasteiger partial charge in [0.05, 0.1) is 0 Å². The molecule has 140 valence electrons. The van der Waals surface area contributed by atoms with Crippen LogP contribution in [0.4, 0.5) is 0 Å². The fourth-order valence-corrected chi connectivity index (χ4v) is 4.42. The predicted octanol–water partition coefficient (Wildman–Crippen LogP) is 4.87. The summed E-state index contributed by atoms with van der Waals surface area (Å²) in [7, 11) is 0. The summed E-state index contributed by atoms with van der Waals surface area (Å²) < 4.78 is 0. The molecular formula is C24H28N2O. The number of rotatable bonds is 6. The Morgan fingerprint density at radius 1 is 1.04 bits per heavy atom. The molecule has 1 N–H and O–H groups in total. The molecule has 1 saturated heterocycles. The number of fused-ring (bicyclic) bond motifs is 1. The molecule has 0 unspecified atom stereocenters. The van der Waals surface area contributed by atoms with E-state index < -0.39 is 0 Å². The molecule has 3 heteroatoms. The van der Waals surface area contributed by atoms with E-state index in [1.165, 1.54) is 24.8 Å². The van der Waals surface area contributed by atoms with Crippen LogP contribution >= 0.6 is 0 Å². The molecule has 0 saturated carbocycles. The van der Waals surface area contributed by atoms with E-state index in [-0.39, 0.29) is 5.78 Å². The van der Waals surface area contributed by atoms with Crippen molar-refractivity contribution in [2.75, 3.05) is 19.6 Å². The number of carbonyl (C=O) groups excluding carboxylic acids is 1. The minimum Gasteiger partial charge on any atom is -0.358 e. The van der Waals surface area contributed by atoms with Gasteiger partial charge in [0.15, 0.2) is 5.78 Å². The van der Waals surface area contributed by atoms with Gasteiger partial charge in [0.25, 0.3) is 0 Å². The van der Waals surface area contributed by atoms with E-state index in [9.17, 15) is 4.79 Å². The highest BCUT2D eigenvalue weighted by Gasteiger charge is 2.21. The van der Waals surface area contributed by atoms with Crippen LogP contribution in [0.3, 0.4) is 0 Å². The molecule has 27 heavy (non-hydrogen) atoms. The number of aromatic amines is 1. The number of nitrogens with zero attached hydrogens (tertiary/aromatic N) is 1. The largest absolute Gasteiger partial charge is 0.358 e. The molecule has 2 aromatic carbocycles. The Hall–Kier alpha value is -2.39. The summed E-state index contributed by atoms with van der Waals surface area (Å²) in [6.45, 7) is 5.01. The third-order valence-corrected chi connectivity index (χ3v) is 5.89. The van der Waals surface area contributed by atoms with Crippen molar-refractivity contribution in [3.05, 3.63) is 71.4 Å². The quantitative estimate of drug-likeness (QED) is 0.637. The standard InChI is InChI=1S/C24H28N2O/c1-18(27)24-21-9-5-6-10-22(21)25-23(24)13-16-26-14-11-20(12-15-26)17-19-7-3-2-4-8-19/h2-10,20,25H,11-17H2,1H3. The summed E-state index contributed by atoms with van der Waals surface area (Å²) in [5, 5.41) is 1.06. The molecule has 0 radical (unpaired) electrons. The minimum absolute atomic E-state index is 0.156. The van der Waals surface area contributed by atoms with Crippen LogP contribution < -0.4 is 0 Å². The van der Waals surface area contributed by atoms with E-state index in [0.717, 1.165) is 54.1 Å². The lowest BCUT2D eigenvalue weighted by molar-refractivity contribution is 0.101. The zero-order valence-electron chi connectivity index (χ0n) is 16.1. The third kappa shape index (κ3) is 4.14. The molecule has 1 fully saturated rings. The van der Waals surface area contributed by atoms with E-state index in [0.29, 0.717) is 0 Å². The van der Waals surface area contributed by atoms with Gasteiger partial charge in [0.2, 0.25) is 0 Å². The SMILES string of the molecule is CC(=O)c1c(CCN2CCC(Cc3ccccc3)CC2)[nH]c2ccccc12. The fraction of sp³-hybridized carbons (Fsp3) is 0.375. The lowest BCUT2D eigenvalue weighted by Crippen LogP contribution is -2.35. The summed E-state index contributed by atoms with van der Waals surface area (Å²) >= 11 is 0. The van der Waals surface area contributed by atoms with Gasteiger partial charge in [-0.05, 0) is 56.8 Å². The molecule has 1 aromatic heterocycles. The zero-order chi connectivity index (χ0) is 18.6. The maximum Gasteiger partial charge on any atom is 0.162 e. The number of para-hydroxylation sites is 1.